The fraction of sp³-hybridized carbons (Fsp3) is 0. The SMILES string of the molecule is NC(=O)c1nc2ccc(F)cc2o1. The van der Waals surface area contributed by atoms with Crippen molar-refractivity contribution in [1.29, 1.82) is 0 Å². The summed E-state index contributed by atoms with van der Waals surface area (Å²) in [5, 5.41) is 0. The third kappa shape index (κ3) is 1.24. The van der Waals surface area contributed by atoms with E-state index < -0.39 is 11.7 Å². The molecule has 66 valence electrons. The fourth-order valence-corrected chi connectivity index (χ4v) is 1.00. The monoisotopic (exact) mass is 180 g/mol. The van der Waals surface area contributed by atoms with Gasteiger partial charge < -0.3 is 10.2 Å². The van der Waals surface area contributed by atoms with Gasteiger partial charge in [0, 0.05) is 6.07 Å². The van der Waals surface area contributed by atoms with Crippen LogP contribution in [0, 0.1) is 5.82 Å². The Labute approximate surface area is 72.2 Å². The number of amides is 1. The summed E-state index contributed by atoms with van der Waals surface area (Å²) < 4.78 is 17.5. The number of fused-ring (bicyclic) bond motifs is 1. The van der Waals surface area contributed by atoms with Crippen LogP contribution in [0.2, 0.25) is 0 Å². The molecule has 0 radical (unpaired) electrons. The summed E-state index contributed by atoms with van der Waals surface area (Å²) in [6.45, 7) is 0. The van der Waals surface area contributed by atoms with Crippen LogP contribution in [-0.2, 0) is 0 Å². The zero-order valence-corrected chi connectivity index (χ0v) is 6.45. The minimum atomic E-state index is -0.767. The first-order valence-electron chi connectivity index (χ1n) is 3.53. The highest BCUT2D eigenvalue weighted by Crippen LogP contribution is 2.15. The van der Waals surface area contributed by atoms with E-state index in [1.807, 2.05) is 0 Å². The summed E-state index contributed by atoms with van der Waals surface area (Å²) >= 11 is 0. The molecule has 13 heavy (non-hydrogen) atoms. The van der Waals surface area contributed by atoms with Crippen molar-refractivity contribution in [2.24, 2.45) is 5.73 Å². The summed E-state index contributed by atoms with van der Waals surface area (Å²) in [5.74, 6) is -1.42. The molecule has 0 saturated heterocycles. The van der Waals surface area contributed by atoms with Gasteiger partial charge in [-0.15, -0.1) is 0 Å². The number of nitrogens with two attached hydrogens (primary N) is 1. The van der Waals surface area contributed by atoms with Crippen LogP contribution < -0.4 is 5.73 Å². The second-order valence-corrected chi connectivity index (χ2v) is 2.50. The zero-order chi connectivity index (χ0) is 9.42. The van der Waals surface area contributed by atoms with E-state index in [4.69, 9.17) is 10.2 Å². The molecule has 0 atom stereocenters. The van der Waals surface area contributed by atoms with Crippen LogP contribution in [0.4, 0.5) is 4.39 Å². The van der Waals surface area contributed by atoms with Crippen molar-refractivity contribution in [2.45, 2.75) is 0 Å². The van der Waals surface area contributed by atoms with Crippen molar-refractivity contribution >= 4 is 17.0 Å². The summed E-state index contributed by atoms with van der Waals surface area (Å²) in [6.07, 6.45) is 0. The third-order valence-corrected chi connectivity index (χ3v) is 1.56. The maximum atomic E-state index is 12.6. The molecule has 5 heteroatoms. The number of rotatable bonds is 1. The number of primary amides is 1. The Morgan fingerprint density at radius 3 is 3.00 bits per heavy atom. The van der Waals surface area contributed by atoms with Gasteiger partial charge in [-0.25, -0.2) is 9.37 Å². The first-order valence-corrected chi connectivity index (χ1v) is 3.53. The molecule has 0 fully saturated rings. The molecule has 0 spiro atoms. The summed E-state index contributed by atoms with van der Waals surface area (Å²) in [5.41, 5.74) is 5.56. The van der Waals surface area contributed by atoms with Gasteiger partial charge in [-0.3, -0.25) is 4.79 Å². The number of aromatic nitrogens is 1. The predicted octanol–water partition coefficient (Wildman–Crippen LogP) is 1.07. The number of carbonyl (C=O) groups excluding carboxylic acids is 1. The zero-order valence-electron chi connectivity index (χ0n) is 6.45. The van der Waals surface area contributed by atoms with Gasteiger partial charge in [-0.2, -0.15) is 0 Å². The summed E-state index contributed by atoms with van der Waals surface area (Å²) in [4.78, 5) is 14.4. The molecule has 2 rings (SSSR count). The molecule has 1 aromatic heterocycles. The minimum Gasteiger partial charge on any atom is -0.432 e. The molecule has 1 heterocycles. The number of hydrogen-bond acceptors (Lipinski definition) is 3. The normalized spacial score (nSPS) is 10.5. The first kappa shape index (κ1) is 7.72. The largest absolute Gasteiger partial charge is 0.432 e. The molecule has 0 unspecified atom stereocenters. The molecule has 4 nitrogen and oxygen atoms in total. The van der Waals surface area contributed by atoms with Gasteiger partial charge in [0.15, 0.2) is 5.58 Å². The molecule has 1 aromatic carbocycles. The van der Waals surface area contributed by atoms with Crippen LogP contribution in [0.3, 0.4) is 0 Å². The predicted molar refractivity (Wildman–Crippen MR) is 42.5 cm³/mol. The molecule has 2 aromatic rings. The van der Waals surface area contributed by atoms with Crippen LogP contribution in [0.5, 0.6) is 0 Å². The molecule has 0 aliphatic heterocycles. The summed E-state index contributed by atoms with van der Waals surface area (Å²) in [6, 6.07) is 3.80. The Bertz CT molecular complexity index is 478. The van der Waals surface area contributed by atoms with Gasteiger partial charge in [0.2, 0.25) is 0 Å². The van der Waals surface area contributed by atoms with Crippen molar-refractivity contribution in [3.63, 3.8) is 0 Å². The maximum absolute atomic E-state index is 12.6. The van der Waals surface area contributed by atoms with Crippen molar-refractivity contribution in [1.82, 2.24) is 4.98 Å². The molecule has 0 saturated carbocycles. The van der Waals surface area contributed by atoms with E-state index in [0.29, 0.717) is 5.52 Å². The van der Waals surface area contributed by atoms with Crippen molar-refractivity contribution in [2.75, 3.05) is 0 Å². The quantitative estimate of drug-likeness (QED) is 0.713. The van der Waals surface area contributed by atoms with E-state index in [-0.39, 0.29) is 11.5 Å². The highest BCUT2D eigenvalue weighted by molar-refractivity contribution is 5.90. The number of carbonyl (C=O) groups is 1. The van der Waals surface area contributed by atoms with Crippen LogP contribution in [0.25, 0.3) is 11.1 Å². The number of nitrogens with zero attached hydrogens (tertiary/aromatic N) is 1. The van der Waals surface area contributed by atoms with E-state index >= 15 is 0 Å². The standard InChI is InChI=1S/C8H5FN2O2/c9-4-1-2-5-6(3-4)13-8(11-5)7(10)12/h1-3H,(H2,10,12). The number of benzene rings is 1. The lowest BCUT2D eigenvalue weighted by atomic mass is 10.3. The lowest BCUT2D eigenvalue weighted by Gasteiger charge is -1.84. The topological polar surface area (TPSA) is 69.1 Å². The van der Waals surface area contributed by atoms with Crippen LogP contribution >= 0.6 is 0 Å². The van der Waals surface area contributed by atoms with Gasteiger partial charge >= 0.3 is 5.91 Å². The van der Waals surface area contributed by atoms with E-state index in [1.54, 1.807) is 0 Å². The Morgan fingerprint density at radius 2 is 2.31 bits per heavy atom. The van der Waals surface area contributed by atoms with E-state index in [1.165, 1.54) is 12.1 Å². The first-order chi connectivity index (χ1) is 6.16. The molecule has 1 amide bonds. The highest BCUT2D eigenvalue weighted by atomic mass is 19.1. The molecular weight excluding hydrogens is 175 g/mol. The smallest absolute Gasteiger partial charge is 0.304 e. The van der Waals surface area contributed by atoms with Crippen LogP contribution in [0.15, 0.2) is 22.6 Å². The Hall–Kier alpha value is -1.91. The van der Waals surface area contributed by atoms with Gasteiger partial charge in [0.05, 0.1) is 0 Å². The van der Waals surface area contributed by atoms with E-state index in [2.05, 4.69) is 4.98 Å². The van der Waals surface area contributed by atoms with E-state index in [0.717, 1.165) is 6.07 Å². The Kier molecular flexibility index (Phi) is 1.51. The number of hydrogen-bond donors (Lipinski definition) is 1. The maximum Gasteiger partial charge on any atom is 0.304 e. The fourth-order valence-electron chi connectivity index (χ4n) is 1.00. The molecule has 2 N–H and O–H groups in total. The Morgan fingerprint density at radius 1 is 1.54 bits per heavy atom. The minimum absolute atomic E-state index is 0.208. The van der Waals surface area contributed by atoms with Gasteiger partial charge in [-0.1, -0.05) is 0 Å². The second-order valence-electron chi connectivity index (χ2n) is 2.50. The number of halogens is 1. The van der Waals surface area contributed by atoms with Crippen molar-refractivity contribution in [3.8, 4) is 0 Å². The third-order valence-electron chi connectivity index (χ3n) is 1.56. The Balaban J connectivity index is 2.68. The van der Waals surface area contributed by atoms with Crippen LogP contribution in [-0.4, -0.2) is 10.9 Å². The van der Waals surface area contributed by atoms with Gasteiger partial charge in [-0.05, 0) is 12.1 Å². The number of oxazole rings is 1. The van der Waals surface area contributed by atoms with Crippen molar-refractivity contribution in [3.05, 3.63) is 29.9 Å². The molecular formula is C8H5FN2O2. The lowest BCUT2D eigenvalue weighted by molar-refractivity contribution is 0.0969. The van der Waals surface area contributed by atoms with Gasteiger partial charge in [0.1, 0.15) is 11.3 Å². The van der Waals surface area contributed by atoms with E-state index in [9.17, 15) is 9.18 Å². The average Bonchev–Trinajstić information content (AvgIpc) is 2.46. The van der Waals surface area contributed by atoms with Crippen LogP contribution in [0.1, 0.15) is 10.7 Å². The highest BCUT2D eigenvalue weighted by Gasteiger charge is 2.10. The molecule has 0 aliphatic rings. The molecule has 0 aliphatic carbocycles. The average molecular weight is 180 g/mol. The molecule has 0 bridgehead atoms. The van der Waals surface area contributed by atoms with Gasteiger partial charge in [0.25, 0.3) is 5.89 Å². The second kappa shape index (κ2) is 2.55. The lowest BCUT2D eigenvalue weighted by Crippen LogP contribution is -2.10. The van der Waals surface area contributed by atoms with Crippen molar-refractivity contribution < 1.29 is 13.6 Å². The summed E-state index contributed by atoms with van der Waals surface area (Å²) in [7, 11) is 0.